The molecule has 0 amide bonds. The second-order valence-corrected chi connectivity index (χ2v) is 8.50. The number of aliphatic hydroxyl groups excluding tert-OH is 5. The third kappa shape index (κ3) is 5.41. The molecule has 1 aliphatic carbocycles. The van der Waals surface area contributed by atoms with Gasteiger partial charge in [-0.05, 0) is 41.5 Å². The van der Waals surface area contributed by atoms with Gasteiger partial charge in [0.2, 0.25) is 6.29 Å². The van der Waals surface area contributed by atoms with E-state index in [1.807, 2.05) is 0 Å². The van der Waals surface area contributed by atoms with Gasteiger partial charge in [-0.25, -0.2) is 4.79 Å². The monoisotopic (exact) mass is 492 g/mol. The van der Waals surface area contributed by atoms with Gasteiger partial charge in [0.05, 0.1) is 25.4 Å². The Morgan fingerprint density at radius 2 is 1.77 bits per heavy atom. The number of carbonyl (C=O) groups is 1. The number of hydrogen-bond acceptors (Lipinski definition) is 11. The van der Waals surface area contributed by atoms with E-state index in [0.717, 1.165) is 0 Å². The standard InChI is InChI=1S/C24H28O11/c25-10-13-9-16(33-18(28)6-3-12-1-4-14(27)5-2-12)15-7-8-32-23(19(13)15)35-24-22(31)21(30)20(29)17(11-26)34-24/h1-9,15-17,19-27,29-31H,10-11H2/b6-3+/t15?,16?,17-,19?,20-,21+,22-,23?,24+/m1/s1. The van der Waals surface area contributed by atoms with E-state index in [0.29, 0.717) is 11.1 Å². The van der Waals surface area contributed by atoms with Crippen molar-refractivity contribution in [1.82, 2.24) is 0 Å². The number of carbonyl (C=O) groups excluding carboxylic acids is 1. The second-order valence-electron chi connectivity index (χ2n) is 8.50. The zero-order chi connectivity index (χ0) is 25.1. The summed E-state index contributed by atoms with van der Waals surface area (Å²) in [6.07, 6.45) is -1.79. The Balaban J connectivity index is 1.44. The fourth-order valence-electron chi connectivity index (χ4n) is 4.39. The first kappa shape index (κ1) is 25.3. The maximum absolute atomic E-state index is 12.4. The summed E-state index contributed by atoms with van der Waals surface area (Å²) in [5, 5.41) is 58.9. The fourth-order valence-corrected chi connectivity index (χ4v) is 4.39. The minimum atomic E-state index is -1.62. The van der Waals surface area contributed by atoms with Crippen LogP contribution in [-0.2, 0) is 23.7 Å². The summed E-state index contributed by atoms with van der Waals surface area (Å²) in [4.78, 5) is 12.4. The maximum Gasteiger partial charge on any atom is 0.331 e. The molecule has 2 aliphatic heterocycles. The highest BCUT2D eigenvalue weighted by Gasteiger charge is 2.49. The number of phenols is 1. The van der Waals surface area contributed by atoms with Gasteiger partial charge in [0.25, 0.3) is 0 Å². The SMILES string of the molecule is O=C(/C=C/c1ccc(O)cc1)OC1C=C(CO)C2C(O[C@@H]3O[C@H](CO)[C@@H](O)[C@H](O)[C@H]3O)OC=CC12. The van der Waals surface area contributed by atoms with E-state index in [4.69, 9.17) is 18.9 Å². The van der Waals surface area contributed by atoms with E-state index in [2.05, 4.69) is 0 Å². The van der Waals surface area contributed by atoms with Gasteiger partial charge in [-0.3, -0.25) is 0 Å². The average molecular weight is 492 g/mol. The van der Waals surface area contributed by atoms with E-state index < -0.39 is 67.5 Å². The summed E-state index contributed by atoms with van der Waals surface area (Å²) >= 11 is 0. The summed E-state index contributed by atoms with van der Waals surface area (Å²) in [5.41, 5.74) is 1.17. The van der Waals surface area contributed by atoms with Gasteiger partial charge in [-0.2, -0.15) is 0 Å². The molecule has 1 aromatic rings. The van der Waals surface area contributed by atoms with Crippen LogP contribution >= 0.6 is 0 Å². The van der Waals surface area contributed by atoms with Crippen LogP contribution in [0.2, 0.25) is 0 Å². The predicted octanol–water partition coefficient (Wildman–Crippen LogP) is -0.832. The summed E-state index contributed by atoms with van der Waals surface area (Å²) in [5.74, 6) is -1.57. The lowest BCUT2D eigenvalue weighted by molar-refractivity contribution is -0.339. The quantitative estimate of drug-likeness (QED) is 0.159. The molecule has 4 unspecified atom stereocenters. The van der Waals surface area contributed by atoms with Gasteiger partial charge in [-0.1, -0.05) is 12.1 Å². The van der Waals surface area contributed by atoms with Crippen LogP contribution in [0.1, 0.15) is 5.56 Å². The highest BCUT2D eigenvalue weighted by atomic mass is 16.8. The zero-order valence-corrected chi connectivity index (χ0v) is 18.5. The van der Waals surface area contributed by atoms with Crippen LogP contribution in [0.3, 0.4) is 0 Å². The van der Waals surface area contributed by atoms with Gasteiger partial charge in [0.1, 0.15) is 36.3 Å². The summed E-state index contributed by atoms with van der Waals surface area (Å²) in [6.45, 7) is -0.982. The molecule has 4 rings (SSSR count). The van der Waals surface area contributed by atoms with Crippen molar-refractivity contribution in [2.75, 3.05) is 13.2 Å². The Morgan fingerprint density at radius 1 is 1.03 bits per heavy atom. The summed E-state index contributed by atoms with van der Waals surface area (Å²) in [7, 11) is 0. The minimum Gasteiger partial charge on any atom is -0.508 e. The Kier molecular flexibility index (Phi) is 7.87. The lowest BCUT2D eigenvalue weighted by atomic mass is 9.88. The highest BCUT2D eigenvalue weighted by molar-refractivity contribution is 5.87. The first-order valence-corrected chi connectivity index (χ1v) is 11.1. The Hall–Kier alpha value is -2.77. The van der Waals surface area contributed by atoms with Gasteiger partial charge in [0.15, 0.2) is 6.29 Å². The molecule has 0 aromatic heterocycles. The zero-order valence-electron chi connectivity index (χ0n) is 18.5. The van der Waals surface area contributed by atoms with Crippen LogP contribution in [-0.4, -0.2) is 92.9 Å². The lowest BCUT2D eigenvalue weighted by Crippen LogP contribution is -2.60. The van der Waals surface area contributed by atoms with E-state index in [-0.39, 0.29) is 12.4 Å². The number of aliphatic hydroxyl groups is 5. The van der Waals surface area contributed by atoms with E-state index in [1.54, 1.807) is 24.3 Å². The molecule has 1 saturated heterocycles. The number of ether oxygens (including phenoxy) is 4. The Bertz CT molecular complexity index is 970. The number of fused-ring (bicyclic) bond motifs is 1. The first-order chi connectivity index (χ1) is 16.8. The Labute approximate surface area is 200 Å². The van der Waals surface area contributed by atoms with Gasteiger partial charge in [-0.15, -0.1) is 0 Å². The van der Waals surface area contributed by atoms with Crippen molar-refractivity contribution < 1.29 is 54.4 Å². The van der Waals surface area contributed by atoms with Crippen LogP contribution in [0, 0.1) is 11.8 Å². The number of benzene rings is 1. The highest BCUT2D eigenvalue weighted by Crippen LogP contribution is 2.42. The molecule has 2 heterocycles. The van der Waals surface area contributed by atoms with Crippen LogP contribution in [0.4, 0.5) is 0 Å². The van der Waals surface area contributed by atoms with Gasteiger partial charge < -0.3 is 49.6 Å². The molecule has 9 atom stereocenters. The van der Waals surface area contributed by atoms with E-state index in [1.165, 1.54) is 30.5 Å². The molecule has 0 bridgehead atoms. The third-order valence-electron chi connectivity index (χ3n) is 6.26. The molecule has 35 heavy (non-hydrogen) atoms. The fraction of sp³-hybridized carbons (Fsp3) is 0.458. The predicted molar refractivity (Wildman–Crippen MR) is 118 cm³/mol. The number of hydrogen-bond donors (Lipinski definition) is 6. The molecule has 11 nitrogen and oxygen atoms in total. The first-order valence-electron chi connectivity index (χ1n) is 11.1. The van der Waals surface area contributed by atoms with Gasteiger partial charge in [0, 0.05) is 12.0 Å². The lowest BCUT2D eigenvalue weighted by Gasteiger charge is -2.42. The van der Waals surface area contributed by atoms with Crippen molar-refractivity contribution >= 4 is 12.0 Å². The third-order valence-corrected chi connectivity index (χ3v) is 6.26. The molecule has 3 aliphatic rings. The molecule has 1 aromatic carbocycles. The molecule has 6 N–H and O–H groups in total. The van der Waals surface area contributed by atoms with E-state index >= 15 is 0 Å². The number of aromatic hydroxyl groups is 1. The topological polar surface area (TPSA) is 175 Å². The molecule has 0 radical (unpaired) electrons. The smallest absolute Gasteiger partial charge is 0.331 e. The normalized spacial score (nSPS) is 36.5. The molecule has 1 fully saturated rings. The minimum absolute atomic E-state index is 0.107. The van der Waals surface area contributed by atoms with Crippen LogP contribution in [0.15, 0.2) is 54.3 Å². The average Bonchev–Trinajstić information content (AvgIpc) is 3.22. The molecular formula is C24H28O11. The largest absolute Gasteiger partial charge is 0.508 e. The summed E-state index contributed by atoms with van der Waals surface area (Å²) < 4.78 is 22.3. The van der Waals surface area contributed by atoms with Crippen molar-refractivity contribution in [3.63, 3.8) is 0 Å². The van der Waals surface area contributed by atoms with Crippen molar-refractivity contribution in [2.24, 2.45) is 11.8 Å². The number of esters is 1. The molecule has 190 valence electrons. The van der Waals surface area contributed by atoms with Gasteiger partial charge >= 0.3 is 5.97 Å². The number of phenolic OH excluding ortho intramolecular Hbond substituents is 1. The van der Waals surface area contributed by atoms with E-state index in [9.17, 15) is 35.4 Å². The Morgan fingerprint density at radius 3 is 2.46 bits per heavy atom. The van der Waals surface area contributed by atoms with Crippen molar-refractivity contribution in [3.8, 4) is 5.75 Å². The van der Waals surface area contributed by atoms with Crippen LogP contribution < -0.4 is 0 Å². The van der Waals surface area contributed by atoms with Crippen molar-refractivity contribution in [1.29, 1.82) is 0 Å². The molecule has 0 spiro atoms. The van der Waals surface area contributed by atoms with Crippen LogP contribution in [0.5, 0.6) is 5.75 Å². The maximum atomic E-state index is 12.4. The molecular weight excluding hydrogens is 464 g/mol. The number of rotatable bonds is 7. The second kappa shape index (κ2) is 10.9. The van der Waals surface area contributed by atoms with Crippen LogP contribution in [0.25, 0.3) is 6.08 Å². The van der Waals surface area contributed by atoms with Crippen molar-refractivity contribution in [3.05, 3.63) is 59.9 Å². The summed E-state index contributed by atoms with van der Waals surface area (Å²) in [6, 6.07) is 6.25. The molecule has 11 heteroatoms. The van der Waals surface area contributed by atoms with Crippen molar-refractivity contribution in [2.45, 2.75) is 43.1 Å². The molecule has 0 saturated carbocycles.